The van der Waals surface area contributed by atoms with Crippen molar-refractivity contribution in [2.24, 2.45) is 0 Å². The number of aliphatic hydroxyl groups excluding tert-OH is 2. The number of benzene rings is 1. The lowest BCUT2D eigenvalue weighted by Crippen LogP contribution is -2.22. The maximum Gasteiger partial charge on any atom is 0.105 e. The average Bonchev–Trinajstić information content (AvgIpc) is 2.44. The van der Waals surface area contributed by atoms with E-state index in [1.54, 1.807) is 0 Å². The third-order valence-electron chi connectivity index (χ3n) is 4.24. The molecule has 2 N–H and O–H groups in total. The summed E-state index contributed by atoms with van der Waals surface area (Å²) in [5, 5.41) is 21.7. The van der Waals surface area contributed by atoms with Crippen molar-refractivity contribution >= 4 is 15.9 Å². The van der Waals surface area contributed by atoms with E-state index in [9.17, 15) is 10.2 Å². The van der Waals surface area contributed by atoms with Crippen molar-refractivity contribution < 1.29 is 10.2 Å². The average molecular weight is 371 g/mol. The molecule has 0 aliphatic rings. The van der Waals surface area contributed by atoms with Crippen molar-refractivity contribution in [1.29, 1.82) is 0 Å². The Bertz CT molecular complexity index is 451. The Kier molecular flexibility index (Phi) is 7.57. The van der Waals surface area contributed by atoms with Crippen LogP contribution in [0.3, 0.4) is 0 Å². The summed E-state index contributed by atoms with van der Waals surface area (Å²) < 4.78 is 0. The van der Waals surface area contributed by atoms with E-state index < -0.39 is 12.2 Å². The molecule has 126 valence electrons. The maximum absolute atomic E-state index is 10.7. The van der Waals surface area contributed by atoms with Gasteiger partial charge in [0, 0.05) is 5.33 Å². The van der Waals surface area contributed by atoms with Crippen LogP contribution in [0.5, 0.6) is 0 Å². The molecule has 0 fully saturated rings. The number of hydrogen-bond acceptors (Lipinski definition) is 2. The van der Waals surface area contributed by atoms with Gasteiger partial charge < -0.3 is 10.2 Å². The van der Waals surface area contributed by atoms with Crippen LogP contribution < -0.4 is 0 Å². The van der Waals surface area contributed by atoms with E-state index in [1.165, 1.54) is 5.56 Å². The van der Waals surface area contributed by atoms with Crippen LogP contribution in [0.15, 0.2) is 12.1 Å². The Hall–Kier alpha value is -0.380. The number of rotatable bonds is 7. The summed E-state index contributed by atoms with van der Waals surface area (Å²) >= 11 is 3.35. The first-order valence-corrected chi connectivity index (χ1v) is 9.42. The van der Waals surface area contributed by atoms with E-state index in [1.807, 2.05) is 0 Å². The summed E-state index contributed by atoms with van der Waals surface area (Å²) in [7, 11) is 0. The van der Waals surface area contributed by atoms with Gasteiger partial charge in [0.15, 0.2) is 0 Å². The molecule has 2 unspecified atom stereocenters. The maximum atomic E-state index is 10.7. The third-order valence-corrected chi connectivity index (χ3v) is 4.70. The zero-order chi connectivity index (χ0) is 17.0. The Balaban J connectivity index is 3.50. The van der Waals surface area contributed by atoms with E-state index in [4.69, 9.17) is 0 Å². The highest BCUT2D eigenvalue weighted by atomic mass is 79.9. The van der Waals surface area contributed by atoms with Crippen molar-refractivity contribution in [3.63, 3.8) is 0 Å². The van der Waals surface area contributed by atoms with Gasteiger partial charge in [-0.25, -0.2) is 0 Å². The fourth-order valence-corrected chi connectivity index (χ4v) is 3.28. The lowest BCUT2D eigenvalue weighted by Gasteiger charge is -2.28. The minimum absolute atomic E-state index is 0.317. The first-order valence-electron chi connectivity index (χ1n) is 8.30. The summed E-state index contributed by atoms with van der Waals surface area (Å²) in [6.07, 6.45) is -1.02. The predicted octanol–water partition coefficient (Wildman–Crippen LogP) is 5.24. The van der Waals surface area contributed by atoms with Crippen LogP contribution in [-0.4, -0.2) is 21.6 Å². The molecular formula is C19H31BrO2. The Labute approximate surface area is 144 Å². The lowest BCUT2D eigenvalue weighted by molar-refractivity contribution is 0.0160. The molecule has 0 bridgehead atoms. The first kappa shape index (κ1) is 19.7. The minimum atomic E-state index is -0.825. The standard InChI is InChI=1S/C19H31BrO2/c1-11(2)14-9-15(12(3)4)18(16(10-14)13(5)6)19(22)17(21)7-8-20/h9-13,17,19,21-22H,7-8H2,1-6H3. The second-order valence-corrected chi connectivity index (χ2v) is 7.86. The Morgan fingerprint density at radius 1 is 0.864 bits per heavy atom. The zero-order valence-electron chi connectivity index (χ0n) is 14.7. The molecule has 0 aromatic heterocycles. The lowest BCUT2D eigenvalue weighted by atomic mass is 9.81. The fraction of sp³-hybridized carbons (Fsp3) is 0.684. The highest BCUT2D eigenvalue weighted by Gasteiger charge is 2.26. The van der Waals surface area contributed by atoms with Gasteiger partial charge in [0.1, 0.15) is 6.10 Å². The van der Waals surface area contributed by atoms with E-state index in [0.29, 0.717) is 29.5 Å². The largest absolute Gasteiger partial charge is 0.390 e. The summed E-state index contributed by atoms with van der Waals surface area (Å²) in [6.45, 7) is 13.0. The van der Waals surface area contributed by atoms with Crippen LogP contribution in [0.25, 0.3) is 0 Å². The fourth-order valence-electron chi connectivity index (χ4n) is 2.82. The number of halogens is 1. The summed E-state index contributed by atoms with van der Waals surface area (Å²) in [4.78, 5) is 0. The van der Waals surface area contributed by atoms with Crippen molar-refractivity contribution in [3.8, 4) is 0 Å². The van der Waals surface area contributed by atoms with Gasteiger partial charge in [-0.2, -0.15) is 0 Å². The van der Waals surface area contributed by atoms with E-state index >= 15 is 0 Å². The molecule has 0 radical (unpaired) electrons. The molecule has 0 heterocycles. The van der Waals surface area contributed by atoms with Crippen LogP contribution in [0.2, 0.25) is 0 Å². The highest BCUT2D eigenvalue weighted by molar-refractivity contribution is 9.09. The van der Waals surface area contributed by atoms with Gasteiger partial charge in [-0.3, -0.25) is 0 Å². The third kappa shape index (κ3) is 4.56. The molecule has 0 saturated heterocycles. The molecule has 0 aliphatic heterocycles. The zero-order valence-corrected chi connectivity index (χ0v) is 16.3. The molecular weight excluding hydrogens is 340 g/mol. The van der Waals surface area contributed by atoms with Gasteiger partial charge >= 0.3 is 0 Å². The number of hydrogen-bond donors (Lipinski definition) is 2. The van der Waals surface area contributed by atoms with E-state index in [-0.39, 0.29) is 0 Å². The molecule has 3 heteroatoms. The van der Waals surface area contributed by atoms with Gasteiger partial charge in [0.25, 0.3) is 0 Å². The van der Waals surface area contributed by atoms with Gasteiger partial charge in [-0.15, -0.1) is 0 Å². The Morgan fingerprint density at radius 2 is 1.32 bits per heavy atom. The van der Waals surface area contributed by atoms with Gasteiger partial charge in [-0.05, 0) is 46.4 Å². The van der Waals surface area contributed by atoms with Gasteiger partial charge in [-0.1, -0.05) is 69.6 Å². The van der Waals surface area contributed by atoms with Crippen LogP contribution >= 0.6 is 15.9 Å². The van der Waals surface area contributed by atoms with Crippen LogP contribution in [0, 0.1) is 0 Å². The van der Waals surface area contributed by atoms with Crippen LogP contribution in [-0.2, 0) is 0 Å². The van der Waals surface area contributed by atoms with Gasteiger partial charge in [0.2, 0.25) is 0 Å². The molecule has 0 aliphatic carbocycles. The molecule has 0 spiro atoms. The molecule has 22 heavy (non-hydrogen) atoms. The molecule has 0 saturated carbocycles. The monoisotopic (exact) mass is 370 g/mol. The molecule has 2 nitrogen and oxygen atoms in total. The summed E-state index contributed by atoms with van der Waals surface area (Å²) in [5.74, 6) is 1.09. The van der Waals surface area contributed by atoms with Crippen molar-refractivity contribution in [2.45, 2.75) is 77.9 Å². The highest BCUT2D eigenvalue weighted by Crippen LogP contribution is 2.37. The van der Waals surface area contributed by atoms with E-state index in [2.05, 4.69) is 69.6 Å². The molecule has 1 aromatic carbocycles. The first-order chi connectivity index (χ1) is 10.2. The SMILES string of the molecule is CC(C)c1cc(C(C)C)c(C(O)C(O)CCBr)c(C(C)C)c1. The molecule has 1 aromatic rings. The molecule has 2 atom stereocenters. The quantitative estimate of drug-likeness (QED) is 0.644. The number of aliphatic hydroxyl groups is 2. The van der Waals surface area contributed by atoms with E-state index in [0.717, 1.165) is 16.7 Å². The smallest absolute Gasteiger partial charge is 0.105 e. The predicted molar refractivity (Wildman–Crippen MR) is 98.1 cm³/mol. The minimum Gasteiger partial charge on any atom is -0.390 e. The topological polar surface area (TPSA) is 40.5 Å². The van der Waals surface area contributed by atoms with Crippen molar-refractivity contribution in [3.05, 3.63) is 34.4 Å². The Morgan fingerprint density at radius 3 is 1.64 bits per heavy atom. The van der Waals surface area contributed by atoms with Crippen molar-refractivity contribution in [2.75, 3.05) is 5.33 Å². The summed E-state index contributed by atoms with van der Waals surface area (Å²) in [6, 6.07) is 4.42. The second kappa shape index (κ2) is 8.47. The van der Waals surface area contributed by atoms with Crippen molar-refractivity contribution in [1.82, 2.24) is 0 Å². The molecule has 1 rings (SSSR count). The van der Waals surface area contributed by atoms with Gasteiger partial charge in [0.05, 0.1) is 6.10 Å². The normalized spacial score (nSPS) is 14.9. The molecule has 0 amide bonds. The number of alkyl halides is 1. The van der Waals surface area contributed by atoms with Crippen LogP contribution in [0.1, 0.15) is 94.1 Å². The second-order valence-electron chi connectivity index (χ2n) is 7.07. The van der Waals surface area contributed by atoms with Crippen LogP contribution in [0.4, 0.5) is 0 Å². The summed E-state index contributed by atoms with van der Waals surface area (Å²) in [5.41, 5.74) is 4.56.